The highest BCUT2D eigenvalue weighted by molar-refractivity contribution is 5.83. The summed E-state index contributed by atoms with van der Waals surface area (Å²) in [6.45, 7) is 0. The van der Waals surface area contributed by atoms with Crippen LogP contribution in [0.5, 0.6) is 0 Å². The number of carboxylic acids is 1. The fourth-order valence-electron chi connectivity index (χ4n) is 1.66. The van der Waals surface area contributed by atoms with Crippen molar-refractivity contribution >= 4 is 16.9 Å². The van der Waals surface area contributed by atoms with E-state index >= 15 is 0 Å². The second-order valence-corrected chi connectivity index (χ2v) is 3.40. The average Bonchev–Trinajstić information content (AvgIpc) is 2.63. The summed E-state index contributed by atoms with van der Waals surface area (Å²) in [5, 5.41) is 19.3. The fourth-order valence-corrected chi connectivity index (χ4v) is 1.66. The van der Waals surface area contributed by atoms with Crippen LogP contribution in [-0.2, 0) is 4.79 Å². The standard InChI is InChI=1S/C11H11NO3/c13-9(6-10(14)15)8-3-1-2-7-4-5-12-11(7)8/h1-5,9,12-13H,6H2,(H,14,15). The van der Waals surface area contributed by atoms with Crippen molar-refractivity contribution in [3.05, 3.63) is 36.0 Å². The number of H-pyrrole nitrogens is 1. The molecule has 1 aromatic carbocycles. The number of carboxylic acid groups (broad SMARTS) is 1. The van der Waals surface area contributed by atoms with Gasteiger partial charge < -0.3 is 15.2 Å². The molecule has 0 aliphatic carbocycles. The molecule has 0 spiro atoms. The van der Waals surface area contributed by atoms with E-state index in [2.05, 4.69) is 4.98 Å². The van der Waals surface area contributed by atoms with Gasteiger partial charge in [-0.3, -0.25) is 4.79 Å². The second-order valence-electron chi connectivity index (χ2n) is 3.40. The molecule has 3 N–H and O–H groups in total. The number of carbonyl (C=O) groups is 1. The Labute approximate surface area is 86.2 Å². The maximum Gasteiger partial charge on any atom is 0.306 e. The summed E-state index contributed by atoms with van der Waals surface area (Å²) >= 11 is 0. The lowest BCUT2D eigenvalue weighted by Gasteiger charge is -2.09. The Morgan fingerprint density at radius 1 is 1.40 bits per heavy atom. The molecule has 0 aliphatic rings. The molecule has 0 amide bonds. The minimum atomic E-state index is -1.01. The smallest absolute Gasteiger partial charge is 0.306 e. The molecule has 0 aliphatic heterocycles. The topological polar surface area (TPSA) is 73.3 Å². The number of para-hydroxylation sites is 1. The van der Waals surface area contributed by atoms with Crippen molar-refractivity contribution in [2.24, 2.45) is 0 Å². The highest BCUT2D eigenvalue weighted by Gasteiger charge is 2.14. The number of nitrogens with one attached hydrogen (secondary N) is 1. The van der Waals surface area contributed by atoms with E-state index in [4.69, 9.17) is 5.11 Å². The first-order valence-corrected chi connectivity index (χ1v) is 4.64. The van der Waals surface area contributed by atoms with Gasteiger partial charge in [-0.25, -0.2) is 0 Å². The normalized spacial score (nSPS) is 12.9. The summed E-state index contributed by atoms with van der Waals surface area (Å²) in [4.78, 5) is 13.5. The number of hydrogen-bond donors (Lipinski definition) is 3. The fraction of sp³-hybridized carbons (Fsp3) is 0.182. The zero-order chi connectivity index (χ0) is 10.8. The first-order chi connectivity index (χ1) is 7.18. The van der Waals surface area contributed by atoms with E-state index < -0.39 is 12.1 Å². The third-order valence-corrected chi connectivity index (χ3v) is 2.35. The Balaban J connectivity index is 2.42. The Morgan fingerprint density at radius 2 is 2.20 bits per heavy atom. The number of aliphatic hydroxyl groups excluding tert-OH is 1. The highest BCUT2D eigenvalue weighted by Crippen LogP contribution is 2.24. The lowest BCUT2D eigenvalue weighted by Crippen LogP contribution is -2.05. The van der Waals surface area contributed by atoms with E-state index in [0.717, 1.165) is 10.9 Å². The van der Waals surface area contributed by atoms with E-state index in [1.54, 1.807) is 18.3 Å². The van der Waals surface area contributed by atoms with Gasteiger partial charge in [0.2, 0.25) is 0 Å². The van der Waals surface area contributed by atoms with Crippen molar-refractivity contribution in [2.75, 3.05) is 0 Å². The molecule has 4 nitrogen and oxygen atoms in total. The van der Waals surface area contributed by atoms with Crippen molar-refractivity contribution in [3.63, 3.8) is 0 Å². The molecule has 1 unspecified atom stereocenters. The SMILES string of the molecule is O=C(O)CC(O)c1cccc2cc[nH]c12. The molecule has 15 heavy (non-hydrogen) atoms. The summed E-state index contributed by atoms with van der Waals surface area (Å²) in [6, 6.07) is 7.32. The molecular weight excluding hydrogens is 194 g/mol. The van der Waals surface area contributed by atoms with Crippen molar-refractivity contribution in [2.45, 2.75) is 12.5 Å². The van der Waals surface area contributed by atoms with Gasteiger partial charge in [0.1, 0.15) is 0 Å². The summed E-state index contributed by atoms with van der Waals surface area (Å²) in [5.41, 5.74) is 1.42. The molecule has 2 aromatic rings. The molecule has 1 heterocycles. The van der Waals surface area contributed by atoms with Crippen LogP contribution in [0.4, 0.5) is 0 Å². The molecule has 1 aromatic heterocycles. The maximum absolute atomic E-state index is 10.5. The number of aliphatic hydroxyl groups is 1. The predicted octanol–water partition coefficient (Wildman–Crippen LogP) is 1.68. The van der Waals surface area contributed by atoms with Gasteiger partial charge >= 0.3 is 5.97 Å². The summed E-state index contributed by atoms with van der Waals surface area (Å²) in [7, 11) is 0. The van der Waals surface area contributed by atoms with Crippen molar-refractivity contribution in [3.8, 4) is 0 Å². The van der Waals surface area contributed by atoms with Crippen LogP contribution in [0.3, 0.4) is 0 Å². The number of aliphatic carboxylic acids is 1. The summed E-state index contributed by atoms with van der Waals surface area (Å²) < 4.78 is 0. The first kappa shape index (κ1) is 9.73. The third-order valence-electron chi connectivity index (χ3n) is 2.35. The number of fused-ring (bicyclic) bond motifs is 1. The predicted molar refractivity (Wildman–Crippen MR) is 55.5 cm³/mol. The van der Waals surface area contributed by atoms with Gasteiger partial charge in [0.25, 0.3) is 0 Å². The van der Waals surface area contributed by atoms with E-state index in [1.165, 1.54) is 0 Å². The molecule has 0 saturated heterocycles. The molecule has 1 atom stereocenters. The van der Waals surface area contributed by atoms with Crippen molar-refractivity contribution in [1.29, 1.82) is 0 Å². The summed E-state index contributed by atoms with van der Waals surface area (Å²) in [5.74, 6) is -1.01. The minimum absolute atomic E-state index is 0.280. The number of aromatic amines is 1. The maximum atomic E-state index is 10.5. The van der Waals surface area contributed by atoms with Gasteiger partial charge in [-0.2, -0.15) is 0 Å². The van der Waals surface area contributed by atoms with Gasteiger partial charge in [-0.1, -0.05) is 18.2 Å². The molecule has 2 rings (SSSR count). The highest BCUT2D eigenvalue weighted by atomic mass is 16.4. The largest absolute Gasteiger partial charge is 0.481 e. The number of rotatable bonds is 3. The zero-order valence-electron chi connectivity index (χ0n) is 7.97. The van der Waals surface area contributed by atoms with Crippen LogP contribution < -0.4 is 0 Å². The Morgan fingerprint density at radius 3 is 2.93 bits per heavy atom. The van der Waals surface area contributed by atoms with Crippen LogP contribution in [0.2, 0.25) is 0 Å². The van der Waals surface area contributed by atoms with Crippen LogP contribution in [0.25, 0.3) is 10.9 Å². The zero-order valence-corrected chi connectivity index (χ0v) is 7.97. The molecule has 0 radical (unpaired) electrons. The quantitative estimate of drug-likeness (QED) is 0.713. The molecule has 4 heteroatoms. The van der Waals surface area contributed by atoms with Crippen molar-refractivity contribution < 1.29 is 15.0 Å². The number of hydrogen-bond acceptors (Lipinski definition) is 2. The van der Waals surface area contributed by atoms with Gasteiger partial charge in [0.15, 0.2) is 0 Å². The van der Waals surface area contributed by atoms with Crippen LogP contribution >= 0.6 is 0 Å². The van der Waals surface area contributed by atoms with Crippen LogP contribution in [0, 0.1) is 0 Å². The number of aromatic nitrogens is 1. The monoisotopic (exact) mass is 205 g/mol. The van der Waals surface area contributed by atoms with Crippen LogP contribution in [0.15, 0.2) is 30.5 Å². The summed E-state index contributed by atoms with van der Waals surface area (Å²) in [6.07, 6.45) is 0.518. The molecule has 0 saturated carbocycles. The molecular formula is C11H11NO3. The lowest BCUT2D eigenvalue weighted by atomic mass is 10.0. The number of benzene rings is 1. The van der Waals surface area contributed by atoms with E-state index in [-0.39, 0.29) is 6.42 Å². The van der Waals surface area contributed by atoms with Crippen LogP contribution in [-0.4, -0.2) is 21.2 Å². The van der Waals surface area contributed by atoms with Gasteiger partial charge in [-0.05, 0) is 11.5 Å². The first-order valence-electron chi connectivity index (χ1n) is 4.64. The Kier molecular flexibility index (Phi) is 2.43. The average molecular weight is 205 g/mol. The van der Waals surface area contributed by atoms with Gasteiger partial charge in [-0.15, -0.1) is 0 Å². The van der Waals surface area contributed by atoms with Gasteiger partial charge in [0, 0.05) is 11.8 Å². The Hall–Kier alpha value is -1.81. The van der Waals surface area contributed by atoms with E-state index in [0.29, 0.717) is 5.56 Å². The minimum Gasteiger partial charge on any atom is -0.481 e. The third kappa shape index (κ3) is 1.85. The molecule has 78 valence electrons. The second kappa shape index (κ2) is 3.74. The van der Waals surface area contributed by atoms with Gasteiger partial charge in [0.05, 0.1) is 18.0 Å². The lowest BCUT2D eigenvalue weighted by molar-refractivity contribution is -0.139. The van der Waals surface area contributed by atoms with E-state index in [9.17, 15) is 9.90 Å². The van der Waals surface area contributed by atoms with Crippen LogP contribution in [0.1, 0.15) is 18.1 Å². The molecule has 0 fully saturated rings. The Bertz CT molecular complexity index is 489. The van der Waals surface area contributed by atoms with E-state index in [1.807, 2.05) is 12.1 Å². The van der Waals surface area contributed by atoms with Crippen molar-refractivity contribution in [1.82, 2.24) is 4.98 Å². The molecule has 0 bridgehead atoms.